The summed E-state index contributed by atoms with van der Waals surface area (Å²) in [4.78, 5) is 4.75. The molecular formula is C101H74N2. The number of para-hydroxylation sites is 2. The highest BCUT2D eigenvalue weighted by atomic mass is 15.1. The van der Waals surface area contributed by atoms with Crippen LogP contribution in [-0.2, 0) is 16.2 Å². The molecule has 0 fully saturated rings. The lowest BCUT2D eigenvalue weighted by Gasteiger charge is -2.28. The maximum Gasteiger partial charge on any atom is 0.0465 e. The molecule has 21 rings (SSSR count). The summed E-state index contributed by atoms with van der Waals surface area (Å²) < 4.78 is 0. The summed E-state index contributed by atoms with van der Waals surface area (Å²) in [7, 11) is 0. The first kappa shape index (κ1) is 60.6. The summed E-state index contributed by atoms with van der Waals surface area (Å²) in [6.45, 7) is 14.2. The van der Waals surface area contributed by atoms with Gasteiger partial charge in [-0.2, -0.15) is 0 Å². The van der Waals surface area contributed by atoms with Gasteiger partial charge in [0.1, 0.15) is 0 Å². The van der Waals surface area contributed by atoms with Gasteiger partial charge in [0.05, 0.1) is 0 Å². The molecule has 0 atom stereocenters. The van der Waals surface area contributed by atoms with Gasteiger partial charge >= 0.3 is 0 Å². The van der Waals surface area contributed by atoms with E-state index in [4.69, 9.17) is 0 Å². The van der Waals surface area contributed by atoms with Gasteiger partial charge in [0, 0.05) is 50.4 Å². The zero-order valence-corrected chi connectivity index (χ0v) is 58.7. The van der Waals surface area contributed by atoms with Gasteiger partial charge in [-0.05, 0) is 251 Å². The van der Waals surface area contributed by atoms with Crippen LogP contribution in [0.25, 0.3) is 133 Å². The van der Waals surface area contributed by atoms with Crippen LogP contribution in [0, 0.1) is 0 Å². The van der Waals surface area contributed by atoms with Crippen LogP contribution in [0.3, 0.4) is 0 Å². The van der Waals surface area contributed by atoms with Crippen molar-refractivity contribution in [2.45, 2.75) is 57.8 Å². The number of anilines is 6. The van der Waals surface area contributed by atoms with Gasteiger partial charge in [0.15, 0.2) is 0 Å². The molecule has 0 aliphatic heterocycles. The maximum absolute atomic E-state index is 2.47. The van der Waals surface area contributed by atoms with Crippen molar-refractivity contribution in [2.75, 3.05) is 9.80 Å². The second-order valence-electron chi connectivity index (χ2n) is 30.3. The topological polar surface area (TPSA) is 6.48 Å². The van der Waals surface area contributed by atoms with Gasteiger partial charge in [-0.1, -0.05) is 296 Å². The standard InChI is InChI=1S/C54H44N2.C47H30/c1-53(2)49-21-13-11-19-45(49)47-33-31-43(35-51(47)53)55(39-15-7-5-8-16-39)41-27-23-37(24-28-41)38-25-29-42(30-26-38)56(40-17-9-6-10-18-40)44-32-34-48-46-20-12-14-22-50(46)54(3,4)52(48)36-44;1-47(2)43-25-27(29-21-23-41-33-11-5-3-9-31(33)39-15-7-13-37(29)45(39)41)17-19-35(43)36-20-18-28(26-44(36)47)30-22-24-42-34-12-6-4-10-32(34)40-16-8-14-38(30)46(40)42/h5-36H,1-4H3;3-26H,1-2H3. The van der Waals surface area contributed by atoms with Crippen molar-refractivity contribution < 1.29 is 0 Å². The Bertz CT molecular complexity index is 5750. The van der Waals surface area contributed by atoms with Crippen molar-refractivity contribution in [2.24, 2.45) is 0 Å². The number of nitrogens with zero attached hydrogens (tertiary/aromatic N) is 2. The van der Waals surface area contributed by atoms with E-state index in [0.717, 1.165) is 34.1 Å². The molecule has 5 aliphatic carbocycles. The normalized spacial score (nSPS) is 14.0. The van der Waals surface area contributed by atoms with Gasteiger partial charge in [-0.3, -0.25) is 0 Å². The summed E-state index contributed by atoms with van der Waals surface area (Å²) in [5.74, 6) is 0. The van der Waals surface area contributed by atoms with Crippen LogP contribution in [-0.4, -0.2) is 0 Å². The predicted octanol–water partition coefficient (Wildman–Crippen LogP) is 27.8. The first-order valence-electron chi connectivity index (χ1n) is 36.4. The van der Waals surface area contributed by atoms with E-state index in [9.17, 15) is 0 Å². The Balaban J connectivity index is 0.000000139. The summed E-state index contributed by atoms with van der Waals surface area (Å²) in [6, 6.07) is 126. The molecule has 488 valence electrons. The quantitative estimate of drug-likeness (QED) is 0.142. The summed E-state index contributed by atoms with van der Waals surface area (Å²) in [5.41, 5.74) is 41.3. The van der Waals surface area contributed by atoms with Crippen LogP contribution < -0.4 is 9.80 Å². The van der Waals surface area contributed by atoms with Crippen molar-refractivity contribution in [1.82, 2.24) is 0 Å². The van der Waals surface area contributed by atoms with Crippen LogP contribution in [0.4, 0.5) is 34.1 Å². The molecule has 0 N–H and O–H groups in total. The van der Waals surface area contributed by atoms with E-state index in [2.05, 4.69) is 391 Å². The van der Waals surface area contributed by atoms with E-state index in [1.165, 1.54) is 166 Å². The number of hydrogen-bond donors (Lipinski definition) is 0. The molecule has 2 heteroatoms. The fourth-order valence-electron chi connectivity index (χ4n) is 18.5. The second kappa shape index (κ2) is 22.8. The minimum Gasteiger partial charge on any atom is -0.310 e. The SMILES string of the molecule is CC1(C)c2cc(-c3ccc4c5c(cccc35)-c3ccccc3-4)ccc2-c2ccc(-c3ccc4c5c(cccc35)-c3ccccc3-4)cc21.CC1(C)c2ccccc2-c2ccc(N(c3ccccc3)c3ccc(-c4ccc(N(c5ccccc5)c5ccc6c(c5)C(C)(C)c5ccccc5-6)cc4)cc3)cc21. The predicted molar refractivity (Wildman–Crippen MR) is 435 cm³/mol. The monoisotopic (exact) mass is 1310 g/mol. The van der Waals surface area contributed by atoms with E-state index in [1.807, 2.05) is 0 Å². The fourth-order valence-corrected chi connectivity index (χ4v) is 18.5. The minimum atomic E-state index is -0.118. The molecular weight excluding hydrogens is 1240 g/mol. The molecule has 0 spiro atoms. The van der Waals surface area contributed by atoms with Crippen molar-refractivity contribution in [3.8, 4) is 111 Å². The maximum atomic E-state index is 2.47. The van der Waals surface area contributed by atoms with Crippen molar-refractivity contribution in [1.29, 1.82) is 0 Å². The Hall–Kier alpha value is -12.4. The van der Waals surface area contributed by atoms with Crippen LogP contribution in [0.15, 0.2) is 340 Å². The van der Waals surface area contributed by atoms with Crippen LogP contribution in [0.1, 0.15) is 74.9 Å². The molecule has 0 heterocycles. The molecule has 0 saturated heterocycles. The van der Waals surface area contributed by atoms with Crippen molar-refractivity contribution in [3.63, 3.8) is 0 Å². The van der Waals surface area contributed by atoms with E-state index < -0.39 is 0 Å². The Labute approximate surface area is 603 Å². The van der Waals surface area contributed by atoms with Crippen LogP contribution >= 0.6 is 0 Å². The van der Waals surface area contributed by atoms with Gasteiger partial charge < -0.3 is 9.80 Å². The highest BCUT2D eigenvalue weighted by Gasteiger charge is 2.39. The summed E-state index contributed by atoms with van der Waals surface area (Å²) in [5, 5.41) is 5.43. The largest absolute Gasteiger partial charge is 0.310 e. The van der Waals surface area contributed by atoms with E-state index in [0.29, 0.717) is 0 Å². The molecule has 0 bridgehead atoms. The molecule has 16 aromatic carbocycles. The first-order valence-corrected chi connectivity index (χ1v) is 36.4. The smallest absolute Gasteiger partial charge is 0.0465 e. The molecule has 0 unspecified atom stereocenters. The fraction of sp³-hybridized carbons (Fsp3) is 0.0891. The third-order valence-electron chi connectivity index (χ3n) is 23.7. The highest BCUT2D eigenvalue weighted by Crippen LogP contribution is 2.57. The molecule has 0 saturated carbocycles. The Morgan fingerprint density at radius 2 is 0.417 bits per heavy atom. The average molecular weight is 1320 g/mol. The Morgan fingerprint density at radius 1 is 0.165 bits per heavy atom. The molecule has 0 amide bonds. The van der Waals surface area contributed by atoms with Gasteiger partial charge in [-0.25, -0.2) is 0 Å². The lowest BCUT2D eigenvalue weighted by molar-refractivity contribution is 0.660. The van der Waals surface area contributed by atoms with Crippen molar-refractivity contribution in [3.05, 3.63) is 373 Å². The van der Waals surface area contributed by atoms with E-state index in [-0.39, 0.29) is 16.2 Å². The Kier molecular flexibility index (Phi) is 13.4. The number of rotatable bonds is 9. The third kappa shape index (κ3) is 9.19. The van der Waals surface area contributed by atoms with Crippen molar-refractivity contribution >= 4 is 55.7 Å². The zero-order chi connectivity index (χ0) is 69.0. The van der Waals surface area contributed by atoms with E-state index in [1.54, 1.807) is 0 Å². The zero-order valence-electron chi connectivity index (χ0n) is 58.7. The van der Waals surface area contributed by atoms with Crippen LogP contribution in [0.5, 0.6) is 0 Å². The molecule has 0 aromatic heterocycles. The average Bonchev–Trinajstić information content (AvgIpc) is 1.58. The van der Waals surface area contributed by atoms with Gasteiger partial charge in [0.25, 0.3) is 0 Å². The molecule has 16 aromatic rings. The second-order valence-corrected chi connectivity index (χ2v) is 30.3. The molecule has 103 heavy (non-hydrogen) atoms. The molecule has 5 aliphatic rings. The first-order chi connectivity index (χ1) is 50.4. The molecule has 2 nitrogen and oxygen atoms in total. The number of fused-ring (bicyclic) bond motifs is 15. The Morgan fingerprint density at radius 3 is 0.806 bits per heavy atom. The summed E-state index contributed by atoms with van der Waals surface area (Å²) in [6.07, 6.45) is 0. The number of benzene rings is 16. The van der Waals surface area contributed by atoms with Gasteiger partial charge in [0.2, 0.25) is 0 Å². The third-order valence-corrected chi connectivity index (χ3v) is 23.7. The highest BCUT2D eigenvalue weighted by molar-refractivity contribution is 6.20. The summed E-state index contributed by atoms with van der Waals surface area (Å²) >= 11 is 0. The molecule has 0 radical (unpaired) electrons. The van der Waals surface area contributed by atoms with Crippen LogP contribution in [0.2, 0.25) is 0 Å². The minimum absolute atomic E-state index is 0.0700. The lowest BCUT2D eigenvalue weighted by Crippen LogP contribution is -2.16. The number of hydrogen-bond acceptors (Lipinski definition) is 2. The lowest BCUT2D eigenvalue weighted by atomic mass is 9.80. The van der Waals surface area contributed by atoms with Gasteiger partial charge in [-0.15, -0.1) is 0 Å². The van der Waals surface area contributed by atoms with E-state index >= 15 is 0 Å².